The lowest BCUT2D eigenvalue weighted by molar-refractivity contribution is -0.118. The van der Waals surface area contributed by atoms with Gasteiger partial charge in [0.1, 0.15) is 6.54 Å². The van der Waals surface area contributed by atoms with Gasteiger partial charge in [0.05, 0.1) is 11.7 Å². The number of carbonyl (C=O) groups excluding carboxylic acids is 2. The highest BCUT2D eigenvalue weighted by atomic mass is 16.5. The number of nitrogens with one attached hydrogen (secondary N) is 2. The topological polar surface area (TPSA) is 113 Å². The van der Waals surface area contributed by atoms with E-state index in [1.54, 1.807) is 19.1 Å². The molecule has 0 spiro atoms. The number of hydrogen-bond donors (Lipinski definition) is 2. The van der Waals surface area contributed by atoms with Gasteiger partial charge in [-0.15, -0.1) is 0 Å². The molecule has 24 heavy (non-hydrogen) atoms. The molecule has 2 aromatic rings. The van der Waals surface area contributed by atoms with E-state index >= 15 is 0 Å². The van der Waals surface area contributed by atoms with Crippen molar-refractivity contribution in [2.24, 2.45) is 4.99 Å². The number of nitrogens with zero attached hydrogens (tertiary/aromatic N) is 4. The van der Waals surface area contributed by atoms with Crippen molar-refractivity contribution in [3.05, 3.63) is 42.0 Å². The Balaban J connectivity index is 1.71. The maximum absolute atomic E-state index is 12.3. The zero-order valence-corrected chi connectivity index (χ0v) is 13.2. The van der Waals surface area contributed by atoms with E-state index in [-0.39, 0.29) is 18.3 Å². The van der Waals surface area contributed by atoms with E-state index in [2.05, 4.69) is 30.4 Å². The molecule has 2 amide bonds. The van der Waals surface area contributed by atoms with Crippen LogP contribution in [0.25, 0.3) is 0 Å². The van der Waals surface area contributed by atoms with Gasteiger partial charge in [0.2, 0.25) is 12.2 Å². The molecule has 1 aliphatic rings. The highest BCUT2D eigenvalue weighted by molar-refractivity contribution is 6.39. The molecule has 1 aromatic heterocycles. The minimum atomic E-state index is -0.461. The fraction of sp³-hybridized carbons (Fsp3) is 0.267. The molecule has 1 atom stereocenters. The lowest BCUT2D eigenvalue weighted by Gasteiger charge is -2.28. The number of carbonyl (C=O) groups is 2. The third kappa shape index (κ3) is 3.24. The number of amidine groups is 1. The van der Waals surface area contributed by atoms with Gasteiger partial charge in [-0.25, -0.2) is 5.01 Å². The standard InChI is InChI=1S/C15H16N6O3/c1-9-3-5-11(6-4-9)21-12(22)7-16-14(19-21)15(23)18-10(2)13-17-8-24-20-13/h3-6,8,10H,7H2,1-2H3,(H,16,19)(H,18,23). The molecule has 1 unspecified atom stereocenters. The van der Waals surface area contributed by atoms with Crippen LogP contribution in [0.5, 0.6) is 0 Å². The van der Waals surface area contributed by atoms with Crippen LogP contribution in [0.4, 0.5) is 5.69 Å². The molecule has 3 rings (SSSR count). The number of benzene rings is 1. The molecule has 1 aromatic carbocycles. The van der Waals surface area contributed by atoms with Gasteiger partial charge in [0.25, 0.3) is 11.8 Å². The van der Waals surface area contributed by atoms with Gasteiger partial charge in [-0.05, 0) is 26.0 Å². The van der Waals surface area contributed by atoms with E-state index in [9.17, 15) is 9.59 Å². The monoisotopic (exact) mass is 328 g/mol. The van der Waals surface area contributed by atoms with Crippen LogP contribution in [-0.2, 0) is 9.59 Å². The highest BCUT2D eigenvalue weighted by Gasteiger charge is 2.26. The number of hydrogen-bond acceptors (Lipinski definition) is 7. The van der Waals surface area contributed by atoms with Gasteiger partial charge in [0.15, 0.2) is 5.82 Å². The number of hydrazine groups is 1. The van der Waals surface area contributed by atoms with Gasteiger partial charge in [-0.2, -0.15) is 4.98 Å². The number of anilines is 1. The van der Waals surface area contributed by atoms with Gasteiger partial charge < -0.3 is 9.84 Å². The summed E-state index contributed by atoms with van der Waals surface area (Å²) in [5, 5.41) is 7.67. The minimum Gasteiger partial charge on any atom is -0.343 e. The molecule has 0 radical (unpaired) electrons. The summed E-state index contributed by atoms with van der Waals surface area (Å²) in [4.78, 5) is 32.2. The van der Waals surface area contributed by atoms with Crippen molar-refractivity contribution < 1.29 is 14.1 Å². The second-order valence-corrected chi connectivity index (χ2v) is 5.33. The third-order valence-corrected chi connectivity index (χ3v) is 3.46. The quantitative estimate of drug-likeness (QED) is 0.845. The summed E-state index contributed by atoms with van der Waals surface area (Å²) in [6.07, 6.45) is 1.19. The number of amides is 2. The fourth-order valence-electron chi connectivity index (χ4n) is 2.15. The first kappa shape index (κ1) is 15.7. The predicted octanol–water partition coefficient (Wildman–Crippen LogP) is 0.505. The number of aromatic nitrogens is 2. The van der Waals surface area contributed by atoms with Crippen LogP contribution in [0.15, 0.2) is 40.2 Å². The molecule has 1 aliphatic heterocycles. The van der Waals surface area contributed by atoms with Gasteiger partial charge in [-0.3, -0.25) is 20.0 Å². The van der Waals surface area contributed by atoms with Crippen molar-refractivity contribution in [1.82, 2.24) is 20.9 Å². The molecule has 9 nitrogen and oxygen atoms in total. The summed E-state index contributed by atoms with van der Waals surface area (Å²) in [7, 11) is 0. The van der Waals surface area contributed by atoms with E-state index in [4.69, 9.17) is 0 Å². The molecular formula is C15H16N6O3. The molecule has 0 saturated heterocycles. The van der Waals surface area contributed by atoms with Crippen LogP contribution in [-0.4, -0.2) is 34.3 Å². The predicted molar refractivity (Wildman–Crippen MR) is 85.0 cm³/mol. The van der Waals surface area contributed by atoms with Crippen molar-refractivity contribution in [3.8, 4) is 0 Å². The molecule has 0 bridgehead atoms. The van der Waals surface area contributed by atoms with Crippen LogP contribution in [0, 0.1) is 6.92 Å². The van der Waals surface area contributed by atoms with Crippen LogP contribution in [0.1, 0.15) is 24.4 Å². The first-order chi connectivity index (χ1) is 11.5. The summed E-state index contributed by atoms with van der Waals surface area (Å²) in [5.74, 6) is -0.310. The van der Waals surface area contributed by atoms with Crippen LogP contribution < -0.4 is 15.8 Å². The summed E-state index contributed by atoms with van der Waals surface area (Å²) < 4.78 is 4.65. The third-order valence-electron chi connectivity index (χ3n) is 3.46. The van der Waals surface area contributed by atoms with E-state index < -0.39 is 11.9 Å². The second kappa shape index (κ2) is 6.49. The fourth-order valence-corrected chi connectivity index (χ4v) is 2.15. The largest absolute Gasteiger partial charge is 0.343 e. The Morgan fingerprint density at radius 3 is 2.79 bits per heavy atom. The van der Waals surface area contributed by atoms with Crippen LogP contribution in [0.3, 0.4) is 0 Å². The summed E-state index contributed by atoms with van der Waals surface area (Å²) in [5.41, 5.74) is 4.46. The molecule has 124 valence electrons. The molecular weight excluding hydrogens is 312 g/mol. The summed E-state index contributed by atoms with van der Waals surface area (Å²) in [6.45, 7) is 3.56. The maximum Gasteiger partial charge on any atom is 0.288 e. The zero-order valence-electron chi connectivity index (χ0n) is 13.2. The number of aliphatic imine (C=N–C) groups is 1. The second-order valence-electron chi connectivity index (χ2n) is 5.33. The molecule has 2 heterocycles. The van der Waals surface area contributed by atoms with Crippen LogP contribution >= 0.6 is 0 Å². The molecule has 2 N–H and O–H groups in total. The van der Waals surface area contributed by atoms with Crippen molar-refractivity contribution in [1.29, 1.82) is 0 Å². The van der Waals surface area contributed by atoms with Crippen molar-refractivity contribution in [2.75, 3.05) is 11.6 Å². The normalized spacial score (nSPS) is 15.5. The van der Waals surface area contributed by atoms with E-state index in [0.717, 1.165) is 5.56 Å². The van der Waals surface area contributed by atoms with Crippen LogP contribution in [0.2, 0.25) is 0 Å². The molecule has 0 saturated carbocycles. The first-order valence-corrected chi connectivity index (χ1v) is 7.32. The SMILES string of the molecule is Cc1ccc(N2NC(C(=O)NC(C)c3ncon3)=NCC2=O)cc1. The highest BCUT2D eigenvalue weighted by Crippen LogP contribution is 2.15. The van der Waals surface area contributed by atoms with E-state index in [1.807, 2.05) is 19.1 Å². The van der Waals surface area contributed by atoms with Gasteiger partial charge in [0, 0.05) is 0 Å². The molecule has 0 fully saturated rings. The zero-order chi connectivity index (χ0) is 17.1. The smallest absolute Gasteiger partial charge is 0.288 e. The Morgan fingerprint density at radius 2 is 2.12 bits per heavy atom. The number of rotatable bonds is 4. The molecule has 9 heteroatoms. The summed E-state index contributed by atoms with van der Waals surface area (Å²) >= 11 is 0. The summed E-state index contributed by atoms with van der Waals surface area (Å²) in [6, 6.07) is 6.90. The van der Waals surface area contributed by atoms with Crippen molar-refractivity contribution >= 4 is 23.3 Å². The Labute approximate surface area is 137 Å². The average Bonchev–Trinajstić information content (AvgIpc) is 3.11. The van der Waals surface area contributed by atoms with E-state index in [0.29, 0.717) is 11.5 Å². The number of aryl methyl sites for hydroxylation is 1. The van der Waals surface area contributed by atoms with Crippen molar-refractivity contribution in [2.45, 2.75) is 19.9 Å². The van der Waals surface area contributed by atoms with Gasteiger partial charge >= 0.3 is 0 Å². The van der Waals surface area contributed by atoms with Gasteiger partial charge in [-0.1, -0.05) is 22.9 Å². The van der Waals surface area contributed by atoms with Crippen molar-refractivity contribution in [3.63, 3.8) is 0 Å². The minimum absolute atomic E-state index is 0.0468. The van der Waals surface area contributed by atoms with E-state index in [1.165, 1.54) is 11.4 Å². The Hall–Kier alpha value is -3.23. The first-order valence-electron chi connectivity index (χ1n) is 7.32. The Kier molecular flexibility index (Phi) is 4.23. The molecule has 0 aliphatic carbocycles. The average molecular weight is 328 g/mol. The lowest BCUT2D eigenvalue weighted by Crippen LogP contribution is -2.56. The maximum atomic E-state index is 12.3. The Bertz CT molecular complexity index is 769. The Morgan fingerprint density at radius 1 is 1.38 bits per heavy atom. The lowest BCUT2D eigenvalue weighted by atomic mass is 10.2.